The average molecular weight is 223 g/mol. The molecule has 0 saturated heterocycles. The van der Waals surface area contributed by atoms with Gasteiger partial charge in [0.25, 0.3) is 0 Å². The third-order valence-electron chi connectivity index (χ3n) is 2.44. The number of amides is 1. The largest absolute Gasteiger partial charge is 0.369 e. The Morgan fingerprint density at radius 3 is 3.00 bits per heavy atom. The lowest BCUT2D eigenvalue weighted by Crippen LogP contribution is -2.14. The van der Waals surface area contributed by atoms with Gasteiger partial charge in [0.05, 0.1) is 5.75 Å². The second-order valence-corrected chi connectivity index (χ2v) is 4.53. The van der Waals surface area contributed by atoms with Crippen molar-refractivity contribution in [3.63, 3.8) is 0 Å². The third kappa shape index (κ3) is 2.47. The Kier molecular flexibility index (Phi) is 3.20. The number of hydrogen-bond acceptors (Lipinski definition) is 4. The molecule has 0 aromatic carbocycles. The number of primary amides is 1. The van der Waals surface area contributed by atoms with Crippen LogP contribution in [0.4, 0.5) is 0 Å². The van der Waals surface area contributed by atoms with Crippen LogP contribution in [0.2, 0.25) is 0 Å². The molecule has 0 aliphatic heterocycles. The number of aryl methyl sites for hydroxylation is 1. The zero-order chi connectivity index (χ0) is 10.7. The number of fused-ring (bicyclic) bond motifs is 1. The summed E-state index contributed by atoms with van der Waals surface area (Å²) in [5.41, 5.74) is 7.47. The van der Waals surface area contributed by atoms with Gasteiger partial charge in [0.1, 0.15) is 11.4 Å². The Bertz CT molecular complexity index is 381. The van der Waals surface area contributed by atoms with Gasteiger partial charge in [-0.15, -0.1) is 0 Å². The maximum Gasteiger partial charge on any atom is 0.227 e. The molecule has 2 rings (SSSR count). The van der Waals surface area contributed by atoms with E-state index in [1.807, 2.05) is 0 Å². The fourth-order valence-electron chi connectivity index (χ4n) is 1.76. The highest BCUT2D eigenvalue weighted by Crippen LogP contribution is 2.27. The number of hydrogen-bond donors (Lipinski definition) is 1. The Hall–Kier alpha value is -1.10. The van der Waals surface area contributed by atoms with E-state index in [2.05, 4.69) is 9.97 Å². The number of carbonyl (C=O) groups is 1. The summed E-state index contributed by atoms with van der Waals surface area (Å²) in [6.07, 6.45) is 6.02. The zero-order valence-corrected chi connectivity index (χ0v) is 9.22. The lowest BCUT2D eigenvalue weighted by Gasteiger charge is -2.16. The van der Waals surface area contributed by atoms with Crippen LogP contribution in [0.15, 0.2) is 11.4 Å². The van der Waals surface area contributed by atoms with Crippen LogP contribution in [0.5, 0.6) is 0 Å². The molecule has 1 aromatic rings. The maximum atomic E-state index is 10.7. The van der Waals surface area contributed by atoms with Crippen LogP contribution in [0.25, 0.3) is 0 Å². The number of nitrogens with two attached hydrogens (primary N) is 1. The van der Waals surface area contributed by atoms with Gasteiger partial charge >= 0.3 is 0 Å². The molecule has 0 fully saturated rings. The molecular weight excluding hydrogens is 210 g/mol. The van der Waals surface area contributed by atoms with E-state index in [9.17, 15) is 4.79 Å². The van der Waals surface area contributed by atoms with Gasteiger partial charge in [0.2, 0.25) is 5.91 Å². The maximum absolute atomic E-state index is 10.7. The van der Waals surface area contributed by atoms with Crippen molar-refractivity contribution in [1.29, 1.82) is 0 Å². The first-order chi connectivity index (χ1) is 7.27. The SMILES string of the molecule is NC(=O)CSc1ncnc2c1CCCC2. The van der Waals surface area contributed by atoms with Crippen LogP contribution in [0.1, 0.15) is 24.1 Å². The van der Waals surface area contributed by atoms with Crippen molar-refractivity contribution in [2.24, 2.45) is 5.73 Å². The normalized spacial score (nSPS) is 14.7. The van der Waals surface area contributed by atoms with Gasteiger partial charge < -0.3 is 5.73 Å². The second kappa shape index (κ2) is 4.61. The lowest BCUT2D eigenvalue weighted by atomic mass is 9.98. The van der Waals surface area contributed by atoms with E-state index in [-0.39, 0.29) is 5.91 Å². The number of rotatable bonds is 3. The van der Waals surface area contributed by atoms with E-state index in [0.717, 1.165) is 23.6 Å². The van der Waals surface area contributed by atoms with Gasteiger partial charge in [0, 0.05) is 11.3 Å². The van der Waals surface area contributed by atoms with Gasteiger partial charge in [-0.2, -0.15) is 0 Å². The molecule has 1 aromatic heterocycles. The Labute approximate surface area is 92.7 Å². The first-order valence-electron chi connectivity index (χ1n) is 5.01. The zero-order valence-electron chi connectivity index (χ0n) is 8.40. The van der Waals surface area contributed by atoms with Gasteiger partial charge in [-0.3, -0.25) is 4.79 Å². The van der Waals surface area contributed by atoms with Crippen molar-refractivity contribution >= 4 is 17.7 Å². The summed E-state index contributed by atoms with van der Waals surface area (Å²) >= 11 is 1.42. The van der Waals surface area contributed by atoms with E-state index >= 15 is 0 Å². The minimum absolute atomic E-state index is 0.295. The van der Waals surface area contributed by atoms with Gasteiger partial charge in [-0.1, -0.05) is 11.8 Å². The summed E-state index contributed by atoms with van der Waals surface area (Å²) in [7, 11) is 0. The van der Waals surface area contributed by atoms with Gasteiger partial charge in [-0.05, 0) is 25.7 Å². The minimum atomic E-state index is -0.303. The molecule has 0 atom stereocenters. The first-order valence-corrected chi connectivity index (χ1v) is 6.00. The number of carbonyl (C=O) groups excluding carboxylic acids is 1. The first kappa shape index (κ1) is 10.4. The number of aromatic nitrogens is 2. The summed E-state index contributed by atoms with van der Waals surface area (Å²) in [6, 6.07) is 0. The highest BCUT2D eigenvalue weighted by Gasteiger charge is 2.15. The van der Waals surface area contributed by atoms with E-state index in [4.69, 9.17) is 5.73 Å². The standard InChI is InChI=1S/C10H13N3OS/c11-9(14)5-15-10-7-3-1-2-4-8(7)12-6-13-10/h6H,1-5H2,(H2,11,14). The predicted octanol–water partition coefficient (Wildman–Crippen LogP) is 0.933. The van der Waals surface area contributed by atoms with Crippen LogP contribution >= 0.6 is 11.8 Å². The molecule has 0 radical (unpaired) electrons. The van der Waals surface area contributed by atoms with E-state index in [1.165, 1.54) is 30.2 Å². The molecule has 1 aliphatic rings. The number of nitrogens with zero attached hydrogens (tertiary/aromatic N) is 2. The fourth-order valence-corrected chi connectivity index (χ4v) is 2.55. The van der Waals surface area contributed by atoms with Crippen LogP contribution in [0, 0.1) is 0 Å². The topological polar surface area (TPSA) is 68.9 Å². The summed E-state index contributed by atoms with van der Waals surface area (Å²) in [5, 5.41) is 0.929. The van der Waals surface area contributed by atoms with Gasteiger partial charge in [-0.25, -0.2) is 9.97 Å². The Morgan fingerprint density at radius 1 is 1.40 bits per heavy atom. The molecule has 5 heteroatoms. The Balaban J connectivity index is 2.19. The quantitative estimate of drug-likeness (QED) is 0.611. The van der Waals surface area contributed by atoms with Crippen LogP contribution in [0.3, 0.4) is 0 Å². The molecule has 0 unspecified atom stereocenters. The van der Waals surface area contributed by atoms with E-state index in [0.29, 0.717) is 5.75 Å². The summed E-state index contributed by atoms with van der Waals surface area (Å²) in [4.78, 5) is 19.2. The molecule has 1 heterocycles. The number of thioether (sulfide) groups is 1. The molecule has 0 saturated carbocycles. The third-order valence-corrected chi connectivity index (χ3v) is 3.49. The molecule has 0 bridgehead atoms. The molecule has 15 heavy (non-hydrogen) atoms. The fraction of sp³-hybridized carbons (Fsp3) is 0.500. The van der Waals surface area contributed by atoms with Crippen molar-refractivity contribution in [2.45, 2.75) is 30.7 Å². The Morgan fingerprint density at radius 2 is 2.20 bits per heavy atom. The van der Waals surface area contributed by atoms with Crippen molar-refractivity contribution < 1.29 is 4.79 Å². The summed E-state index contributed by atoms with van der Waals surface area (Å²) < 4.78 is 0. The second-order valence-electron chi connectivity index (χ2n) is 3.57. The molecular formula is C10H13N3OS. The van der Waals surface area contributed by atoms with Crippen LogP contribution < -0.4 is 5.73 Å². The molecule has 0 spiro atoms. The van der Waals surface area contributed by atoms with Crippen molar-refractivity contribution in [1.82, 2.24) is 9.97 Å². The van der Waals surface area contributed by atoms with Crippen molar-refractivity contribution in [3.8, 4) is 0 Å². The van der Waals surface area contributed by atoms with Gasteiger partial charge in [0.15, 0.2) is 0 Å². The average Bonchev–Trinajstić information content (AvgIpc) is 2.26. The molecule has 2 N–H and O–H groups in total. The molecule has 1 amide bonds. The van der Waals surface area contributed by atoms with E-state index < -0.39 is 0 Å². The monoisotopic (exact) mass is 223 g/mol. The van der Waals surface area contributed by atoms with Crippen LogP contribution in [-0.2, 0) is 17.6 Å². The lowest BCUT2D eigenvalue weighted by molar-refractivity contribution is -0.115. The summed E-state index contributed by atoms with van der Waals surface area (Å²) in [6.45, 7) is 0. The molecule has 1 aliphatic carbocycles. The smallest absolute Gasteiger partial charge is 0.227 e. The van der Waals surface area contributed by atoms with Crippen molar-refractivity contribution in [3.05, 3.63) is 17.6 Å². The van der Waals surface area contributed by atoms with Crippen LogP contribution in [-0.4, -0.2) is 21.6 Å². The summed E-state index contributed by atoms with van der Waals surface area (Å²) in [5.74, 6) is -0.00753. The van der Waals surface area contributed by atoms with Crippen molar-refractivity contribution in [2.75, 3.05) is 5.75 Å². The molecule has 4 nitrogen and oxygen atoms in total. The highest BCUT2D eigenvalue weighted by molar-refractivity contribution is 7.99. The minimum Gasteiger partial charge on any atom is -0.369 e. The van der Waals surface area contributed by atoms with E-state index in [1.54, 1.807) is 6.33 Å². The molecule has 80 valence electrons. The highest BCUT2D eigenvalue weighted by atomic mass is 32.2. The predicted molar refractivity (Wildman–Crippen MR) is 58.6 cm³/mol.